The standard InChI is InChI=1S/C27H21Br2ClN2O/c28-21-11-7-17(8-12-21)15-19-3-2-6-24-25(19)31-32(26(24)18-9-13-22(29)14-10-18)27(33)20-4-1-5-23(30)16-20/h1,4-5,7-16,24,26H,2-3,6H2/b19-15+/t24-,26+/m0/s1. The van der Waals surface area contributed by atoms with E-state index in [0.29, 0.717) is 10.6 Å². The number of fused-ring (bicyclic) bond motifs is 1. The quantitative estimate of drug-likeness (QED) is 0.305. The largest absolute Gasteiger partial charge is 0.274 e. The van der Waals surface area contributed by atoms with Crippen LogP contribution >= 0.6 is 43.5 Å². The lowest BCUT2D eigenvalue weighted by atomic mass is 9.77. The van der Waals surface area contributed by atoms with Gasteiger partial charge in [0.05, 0.1) is 11.8 Å². The number of rotatable bonds is 3. The summed E-state index contributed by atoms with van der Waals surface area (Å²) >= 11 is 13.2. The lowest BCUT2D eigenvalue weighted by molar-refractivity contribution is 0.0681. The Balaban J connectivity index is 1.58. The van der Waals surface area contributed by atoms with Crippen LogP contribution in [0.3, 0.4) is 0 Å². The molecule has 2 aliphatic rings. The van der Waals surface area contributed by atoms with Crippen molar-refractivity contribution in [1.82, 2.24) is 5.01 Å². The summed E-state index contributed by atoms with van der Waals surface area (Å²) in [6.07, 6.45) is 5.23. The molecule has 0 bridgehead atoms. The zero-order valence-corrected chi connectivity index (χ0v) is 21.6. The molecule has 6 heteroatoms. The van der Waals surface area contributed by atoms with E-state index in [0.717, 1.165) is 45.0 Å². The van der Waals surface area contributed by atoms with Gasteiger partial charge in [0, 0.05) is 25.4 Å². The van der Waals surface area contributed by atoms with E-state index in [1.807, 2.05) is 24.3 Å². The predicted octanol–water partition coefficient (Wildman–Crippen LogP) is 8.30. The molecule has 1 fully saturated rings. The summed E-state index contributed by atoms with van der Waals surface area (Å²) in [5, 5.41) is 7.18. The van der Waals surface area contributed by atoms with Crippen molar-refractivity contribution in [1.29, 1.82) is 0 Å². The van der Waals surface area contributed by atoms with Crippen LogP contribution in [-0.2, 0) is 0 Å². The summed E-state index contributed by atoms with van der Waals surface area (Å²) < 4.78 is 2.07. The van der Waals surface area contributed by atoms with E-state index in [1.165, 1.54) is 5.57 Å². The van der Waals surface area contributed by atoms with E-state index in [2.05, 4.69) is 62.2 Å². The molecule has 1 saturated carbocycles. The molecule has 3 aromatic carbocycles. The number of allylic oxidation sites excluding steroid dienone is 1. The normalized spacial score (nSPS) is 21.1. The van der Waals surface area contributed by atoms with Gasteiger partial charge in [0.2, 0.25) is 0 Å². The Morgan fingerprint density at radius 3 is 2.39 bits per heavy atom. The number of hydrogen-bond donors (Lipinski definition) is 0. The van der Waals surface area contributed by atoms with Crippen LogP contribution in [0, 0.1) is 5.92 Å². The Labute approximate surface area is 215 Å². The third-order valence-electron chi connectivity index (χ3n) is 6.20. The molecule has 1 heterocycles. The fourth-order valence-corrected chi connectivity index (χ4v) is 5.39. The summed E-state index contributed by atoms with van der Waals surface area (Å²) in [6, 6.07) is 23.4. The molecular weight excluding hydrogens is 564 g/mol. The van der Waals surface area contributed by atoms with Crippen molar-refractivity contribution in [3.63, 3.8) is 0 Å². The molecule has 5 rings (SSSR count). The number of carbonyl (C=O) groups is 1. The first-order chi connectivity index (χ1) is 16.0. The first kappa shape index (κ1) is 22.6. The number of amides is 1. The molecule has 3 aromatic rings. The maximum atomic E-state index is 13.6. The molecule has 1 amide bonds. The highest BCUT2D eigenvalue weighted by Crippen LogP contribution is 2.45. The van der Waals surface area contributed by atoms with Crippen molar-refractivity contribution in [2.45, 2.75) is 25.3 Å². The number of hydrogen-bond acceptors (Lipinski definition) is 2. The lowest BCUT2D eigenvalue weighted by Gasteiger charge is -2.29. The fraction of sp³-hybridized carbons (Fsp3) is 0.185. The Kier molecular flexibility index (Phi) is 6.55. The van der Waals surface area contributed by atoms with Gasteiger partial charge in [-0.05, 0) is 84.5 Å². The Bertz CT molecular complexity index is 1250. The second-order valence-corrected chi connectivity index (χ2v) is 10.6. The van der Waals surface area contributed by atoms with Crippen LogP contribution < -0.4 is 0 Å². The highest BCUT2D eigenvalue weighted by Gasteiger charge is 2.43. The van der Waals surface area contributed by atoms with Crippen LogP contribution in [0.5, 0.6) is 0 Å². The molecule has 1 aliphatic heterocycles. The van der Waals surface area contributed by atoms with Crippen LogP contribution in [0.25, 0.3) is 6.08 Å². The van der Waals surface area contributed by atoms with Gasteiger partial charge in [-0.15, -0.1) is 0 Å². The summed E-state index contributed by atoms with van der Waals surface area (Å²) in [5.74, 6) is 0.0278. The molecule has 3 nitrogen and oxygen atoms in total. The summed E-state index contributed by atoms with van der Waals surface area (Å²) in [6.45, 7) is 0. The first-order valence-corrected chi connectivity index (χ1v) is 12.9. The minimum Gasteiger partial charge on any atom is -0.267 e. The maximum absolute atomic E-state index is 13.6. The van der Waals surface area contributed by atoms with E-state index in [-0.39, 0.29) is 17.9 Å². The highest BCUT2D eigenvalue weighted by molar-refractivity contribution is 9.10. The van der Waals surface area contributed by atoms with Crippen molar-refractivity contribution < 1.29 is 4.79 Å². The van der Waals surface area contributed by atoms with Crippen LogP contribution in [0.15, 0.2) is 92.4 Å². The van der Waals surface area contributed by atoms with Crippen molar-refractivity contribution in [3.05, 3.63) is 109 Å². The van der Waals surface area contributed by atoms with Crippen molar-refractivity contribution in [2.24, 2.45) is 11.0 Å². The van der Waals surface area contributed by atoms with Gasteiger partial charge >= 0.3 is 0 Å². The number of nitrogens with zero attached hydrogens (tertiary/aromatic N) is 2. The zero-order chi connectivity index (χ0) is 22.9. The lowest BCUT2D eigenvalue weighted by Crippen LogP contribution is -2.31. The molecule has 166 valence electrons. The molecule has 0 spiro atoms. The Morgan fingerprint density at radius 1 is 1.00 bits per heavy atom. The van der Waals surface area contributed by atoms with E-state index in [4.69, 9.17) is 16.7 Å². The second kappa shape index (κ2) is 9.57. The van der Waals surface area contributed by atoms with E-state index < -0.39 is 0 Å². The van der Waals surface area contributed by atoms with Gasteiger partial charge in [-0.2, -0.15) is 5.10 Å². The third kappa shape index (κ3) is 4.72. The third-order valence-corrected chi connectivity index (χ3v) is 7.50. The smallest absolute Gasteiger partial charge is 0.267 e. The molecule has 2 atom stereocenters. The Hall–Kier alpha value is -2.21. The number of hydrazone groups is 1. The predicted molar refractivity (Wildman–Crippen MR) is 141 cm³/mol. The summed E-state index contributed by atoms with van der Waals surface area (Å²) in [7, 11) is 0. The molecule has 33 heavy (non-hydrogen) atoms. The van der Waals surface area contributed by atoms with E-state index >= 15 is 0 Å². The summed E-state index contributed by atoms with van der Waals surface area (Å²) in [4.78, 5) is 13.6. The molecule has 0 saturated heterocycles. The van der Waals surface area contributed by atoms with Crippen LogP contribution in [0.4, 0.5) is 0 Å². The van der Waals surface area contributed by atoms with Gasteiger partial charge in [-0.25, -0.2) is 5.01 Å². The molecule has 0 unspecified atom stereocenters. The van der Waals surface area contributed by atoms with Gasteiger partial charge < -0.3 is 0 Å². The SMILES string of the molecule is O=C(c1cccc(Cl)c1)N1N=C2/C(=C/c3ccc(Br)cc3)CCC[C@@H]2[C@H]1c1ccc(Br)cc1. The molecule has 0 aromatic heterocycles. The molecule has 0 radical (unpaired) electrons. The number of benzene rings is 3. The number of carbonyl (C=O) groups excluding carboxylic acids is 1. The minimum atomic E-state index is -0.145. The van der Waals surface area contributed by atoms with Crippen molar-refractivity contribution in [3.8, 4) is 0 Å². The van der Waals surface area contributed by atoms with E-state index in [1.54, 1.807) is 29.3 Å². The molecule has 1 aliphatic carbocycles. The molecular formula is C27H21Br2ClN2O. The average molecular weight is 585 g/mol. The van der Waals surface area contributed by atoms with Gasteiger partial charge in [0.25, 0.3) is 5.91 Å². The second-order valence-electron chi connectivity index (χ2n) is 8.36. The monoisotopic (exact) mass is 582 g/mol. The van der Waals surface area contributed by atoms with Crippen LogP contribution in [0.1, 0.15) is 46.8 Å². The number of halogens is 3. The highest BCUT2D eigenvalue weighted by atomic mass is 79.9. The maximum Gasteiger partial charge on any atom is 0.274 e. The van der Waals surface area contributed by atoms with Gasteiger partial charge in [-0.3, -0.25) is 4.79 Å². The van der Waals surface area contributed by atoms with Crippen molar-refractivity contribution in [2.75, 3.05) is 0 Å². The summed E-state index contributed by atoms with van der Waals surface area (Å²) in [5.41, 5.74) is 4.99. The van der Waals surface area contributed by atoms with Gasteiger partial charge in [0.15, 0.2) is 0 Å². The fourth-order valence-electron chi connectivity index (χ4n) is 4.68. The van der Waals surface area contributed by atoms with Gasteiger partial charge in [-0.1, -0.05) is 73.8 Å². The molecule has 0 N–H and O–H groups in total. The van der Waals surface area contributed by atoms with Crippen LogP contribution in [-0.4, -0.2) is 16.6 Å². The first-order valence-electron chi connectivity index (χ1n) is 10.9. The van der Waals surface area contributed by atoms with Crippen molar-refractivity contribution >= 4 is 61.2 Å². The van der Waals surface area contributed by atoms with E-state index in [9.17, 15) is 4.79 Å². The van der Waals surface area contributed by atoms with Crippen LogP contribution in [0.2, 0.25) is 5.02 Å². The average Bonchev–Trinajstić information content (AvgIpc) is 3.21. The van der Waals surface area contributed by atoms with Gasteiger partial charge in [0.1, 0.15) is 0 Å². The topological polar surface area (TPSA) is 32.7 Å². The minimum absolute atomic E-state index is 0.129. The Morgan fingerprint density at radius 2 is 1.70 bits per heavy atom. The zero-order valence-electron chi connectivity index (χ0n) is 17.7.